The van der Waals surface area contributed by atoms with E-state index in [2.05, 4.69) is 21.5 Å². The van der Waals surface area contributed by atoms with Crippen LogP contribution in [0.3, 0.4) is 0 Å². The van der Waals surface area contributed by atoms with Gasteiger partial charge in [-0.05, 0) is 24.5 Å². The minimum atomic E-state index is -0.666. The van der Waals surface area contributed by atoms with E-state index in [0.29, 0.717) is 44.2 Å². The van der Waals surface area contributed by atoms with Gasteiger partial charge in [-0.3, -0.25) is 4.79 Å². The quantitative estimate of drug-likeness (QED) is 0.869. The molecule has 1 N–H and O–H groups in total. The van der Waals surface area contributed by atoms with Gasteiger partial charge in [0.05, 0.1) is 13.0 Å². The maximum atomic E-state index is 13.3. The number of ether oxygens (including phenoxy) is 2. The van der Waals surface area contributed by atoms with E-state index < -0.39 is 5.54 Å². The number of hydrogen-bond donors (Lipinski definition) is 1. The SMILES string of the molecule is CCc1noc(C2(NC(=O)C3CCc4cccc(OC)c43)CCOCC2)n1. The lowest BCUT2D eigenvalue weighted by atomic mass is 9.88. The van der Waals surface area contributed by atoms with Crippen molar-refractivity contribution in [1.82, 2.24) is 15.5 Å². The Labute approximate surface area is 158 Å². The van der Waals surface area contributed by atoms with Gasteiger partial charge in [-0.2, -0.15) is 4.98 Å². The highest BCUT2D eigenvalue weighted by Gasteiger charge is 2.43. The number of benzene rings is 1. The fourth-order valence-electron chi connectivity index (χ4n) is 4.11. The molecule has 27 heavy (non-hydrogen) atoms. The zero-order valence-corrected chi connectivity index (χ0v) is 15.8. The van der Waals surface area contributed by atoms with Crippen molar-refractivity contribution >= 4 is 5.91 Å². The lowest BCUT2D eigenvalue weighted by molar-refractivity contribution is -0.126. The van der Waals surface area contributed by atoms with Crippen molar-refractivity contribution in [3.63, 3.8) is 0 Å². The predicted molar refractivity (Wildman–Crippen MR) is 97.6 cm³/mol. The van der Waals surface area contributed by atoms with E-state index in [9.17, 15) is 4.79 Å². The van der Waals surface area contributed by atoms with Gasteiger partial charge in [-0.25, -0.2) is 0 Å². The molecule has 1 aromatic carbocycles. The Bertz CT molecular complexity index is 826. The van der Waals surface area contributed by atoms with Crippen LogP contribution in [0.1, 0.15) is 54.9 Å². The lowest BCUT2D eigenvalue weighted by Gasteiger charge is -2.35. The van der Waals surface area contributed by atoms with Gasteiger partial charge < -0.3 is 19.3 Å². The molecule has 1 aromatic heterocycles. The van der Waals surface area contributed by atoms with E-state index >= 15 is 0 Å². The molecule has 2 heterocycles. The summed E-state index contributed by atoms with van der Waals surface area (Å²) in [4.78, 5) is 17.8. The zero-order chi connectivity index (χ0) is 18.9. The lowest BCUT2D eigenvalue weighted by Crippen LogP contribution is -2.51. The molecule has 4 rings (SSSR count). The number of carbonyl (C=O) groups is 1. The van der Waals surface area contributed by atoms with E-state index in [0.717, 1.165) is 24.2 Å². The fraction of sp³-hybridized carbons (Fsp3) is 0.550. The standard InChI is InChI=1S/C20H25N3O4/c1-3-16-21-19(27-23-16)20(9-11-26-12-10-20)22-18(24)14-8-7-13-5-4-6-15(25-2)17(13)14/h4-6,14H,3,7-12H2,1-2H3,(H,22,24). The number of nitrogens with zero attached hydrogens (tertiary/aromatic N) is 2. The molecule has 1 saturated heterocycles. The van der Waals surface area contributed by atoms with Crippen molar-refractivity contribution in [1.29, 1.82) is 0 Å². The average Bonchev–Trinajstić information content (AvgIpc) is 3.36. The summed E-state index contributed by atoms with van der Waals surface area (Å²) in [6, 6.07) is 5.96. The number of aryl methyl sites for hydroxylation is 2. The highest BCUT2D eigenvalue weighted by atomic mass is 16.5. The number of amides is 1. The number of nitrogens with one attached hydrogen (secondary N) is 1. The van der Waals surface area contributed by atoms with Gasteiger partial charge in [0, 0.05) is 38.0 Å². The molecule has 2 aromatic rings. The van der Waals surface area contributed by atoms with Crippen LogP contribution in [0.2, 0.25) is 0 Å². The van der Waals surface area contributed by atoms with Crippen molar-refractivity contribution in [2.75, 3.05) is 20.3 Å². The Morgan fingerprint density at radius 2 is 2.19 bits per heavy atom. The monoisotopic (exact) mass is 371 g/mol. The van der Waals surface area contributed by atoms with E-state index in [1.807, 2.05) is 19.1 Å². The molecule has 0 radical (unpaired) electrons. The highest BCUT2D eigenvalue weighted by molar-refractivity contribution is 5.86. The van der Waals surface area contributed by atoms with Gasteiger partial charge in [0.2, 0.25) is 5.91 Å². The topological polar surface area (TPSA) is 86.5 Å². The molecule has 1 aliphatic heterocycles. The summed E-state index contributed by atoms with van der Waals surface area (Å²) in [7, 11) is 1.65. The minimum Gasteiger partial charge on any atom is -0.496 e. The minimum absolute atomic E-state index is 0.0172. The van der Waals surface area contributed by atoms with E-state index in [-0.39, 0.29) is 11.8 Å². The Hall–Kier alpha value is -2.41. The first-order valence-corrected chi connectivity index (χ1v) is 9.55. The van der Waals surface area contributed by atoms with Gasteiger partial charge >= 0.3 is 0 Å². The Morgan fingerprint density at radius 1 is 1.37 bits per heavy atom. The van der Waals surface area contributed by atoms with Crippen molar-refractivity contribution in [2.45, 2.75) is 50.5 Å². The molecular weight excluding hydrogens is 346 g/mol. The number of rotatable bonds is 5. The third-order valence-electron chi connectivity index (χ3n) is 5.65. The van der Waals surface area contributed by atoms with Gasteiger partial charge in [-0.15, -0.1) is 0 Å². The van der Waals surface area contributed by atoms with Crippen LogP contribution >= 0.6 is 0 Å². The van der Waals surface area contributed by atoms with E-state index in [4.69, 9.17) is 14.0 Å². The molecule has 1 unspecified atom stereocenters. The molecule has 0 bridgehead atoms. The van der Waals surface area contributed by atoms with Crippen LogP contribution in [0.5, 0.6) is 5.75 Å². The molecule has 1 aliphatic carbocycles. The first-order chi connectivity index (χ1) is 13.2. The molecule has 0 saturated carbocycles. The number of carbonyl (C=O) groups excluding carboxylic acids is 1. The maximum Gasteiger partial charge on any atom is 0.252 e. The summed E-state index contributed by atoms with van der Waals surface area (Å²) in [6.07, 6.45) is 3.59. The normalized spacial score (nSPS) is 20.9. The molecule has 1 amide bonds. The van der Waals surface area contributed by atoms with Crippen LogP contribution in [-0.4, -0.2) is 36.4 Å². The van der Waals surface area contributed by atoms with Crippen LogP contribution < -0.4 is 10.1 Å². The Balaban J connectivity index is 1.63. The fourth-order valence-corrected chi connectivity index (χ4v) is 4.11. The summed E-state index contributed by atoms with van der Waals surface area (Å²) in [6.45, 7) is 3.08. The molecule has 7 heteroatoms. The van der Waals surface area contributed by atoms with E-state index in [1.54, 1.807) is 7.11 Å². The van der Waals surface area contributed by atoms with Crippen LogP contribution in [-0.2, 0) is 27.9 Å². The largest absolute Gasteiger partial charge is 0.496 e. The van der Waals surface area contributed by atoms with Gasteiger partial charge in [-0.1, -0.05) is 24.2 Å². The first-order valence-electron chi connectivity index (χ1n) is 9.55. The third kappa shape index (κ3) is 3.20. The summed E-state index contributed by atoms with van der Waals surface area (Å²) in [5.74, 6) is 1.66. The smallest absolute Gasteiger partial charge is 0.252 e. The molecule has 7 nitrogen and oxygen atoms in total. The summed E-state index contributed by atoms with van der Waals surface area (Å²) in [5.41, 5.74) is 1.52. The first kappa shape index (κ1) is 18.0. The number of fused-ring (bicyclic) bond motifs is 1. The molecule has 1 atom stereocenters. The third-order valence-corrected chi connectivity index (χ3v) is 5.65. The van der Waals surface area contributed by atoms with Gasteiger partial charge in [0.1, 0.15) is 11.3 Å². The number of methoxy groups -OCH3 is 1. The second-order valence-electron chi connectivity index (χ2n) is 7.18. The molecular formula is C20H25N3O4. The molecule has 144 valence electrons. The molecule has 2 aliphatic rings. The Kier molecular flexibility index (Phi) is 4.86. The highest BCUT2D eigenvalue weighted by Crippen LogP contribution is 2.41. The van der Waals surface area contributed by atoms with E-state index in [1.165, 1.54) is 5.56 Å². The Morgan fingerprint density at radius 3 is 2.89 bits per heavy atom. The van der Waals surface area contributed by atoms with Crippen molar-refractivity contribution in [3.05, 3.63) is 41.0 Å². The van der Waals surface area contributed by atoms with Crippen molar-refractivity contribution in [3.8, 4) is 5.75 Å². The second kappa shape index (κ2) is 7.31. The van der Waals surface area contributed by atoms with Crippen LogP contribution in [0, 0.1) is 0 Å². The maximum absolute atomic E-state index is 13.3. The second-order valence-corrected chi connectivity index (χ2v) is 7.18. The van der Waals surface area contributed by atoms with Gasteiger partial charge in [0.25, 0.3) is 5.89 Å². The van der Waals surface area contributed by atoms with Crippen LogP contribution in [0.25, 0.3) is 0 Å². The predicted octanol–water partition coefficient (Wildman–Crippen LogP) is 2.49. The van der Waals surface area contributed by atoms with Crippen molar-refractivity contribution in [2.24, 2.45) is 0 Å². The van der Waals surface area contributed by atoms with Gasteiger partial charge in [0.15, 0.2) is 5.82 Å². The number of aromatic nitrogens is 2. The van der Waals surface area contributed by atoms with Crippen LogP contribution in [0.4, 0.5) is 0 Å². The summed E-state index contributed by atoms with van der Waals surface area (Å²) >= 11 is 0. The average molecular weight is 371 g/mol. The summed E-state index contributed by atoms with van der Waals surface area (Å²) in [5, 5.41) is 7.27. The van der Waals surface area contributed by atoms with Crippen LogP contribution in [0.15, 0.2) is 22.7 Å². The van der Waals surface area contributed by atoms with Crippen molar-refractivity contribution < 1.29 is 18.8 Å². The zero-order valence-electron chi connectivity index (χ0n) is 15.8. The number of hydrogen-bond acceptors (Lipinski definition) is 6. The molecule has 0 spiro atoms. The molecule has 1 fully saturated rings. The summed E-state index contributed by atoms with van der Waals surface area (Å²) < 4.78 is 16.6.